The predicted octanol–water partition coefficient (Wildman–Crippen LogP) is 2.96. The molecule has 7 nitrogen and oxygen atoms in total. The minimum Gasteiger partial charge on any atom is -0.371 e. The van der Waals surface area contributed by atoms with Crippen LogP contribution in [0.2, 0.25) is 0 Å². The standard InChI is InChI=1S/C24H33N7/c1-3-21(31-16-8-24(19-31)6-9-25-10-7-24)4-2-20(1)5-15-30(17-22-26-11-12-27-22)18-23-28-13-14-29-23/h1-4,11-14,25H,5-10,15-19H2,(H,26,27)(H,28,29). The first-order valence-corrected chi connectivity index (χ1v) is 11.5. The van der Waals surface area contributed by atoms with E-state index in [1.807, 2.05) is 24.8 Å². The number of hydrogen-bond donors (Lipinski definition) is 3. The number of benzene rings is 1. The van der Waals surface area contributed by atoms with Crippen LogP contribution < -0.4 is 10.2 Å². The number of aromatic nitrogens is 4. The lowest BCUT2D eigenvalue weighted by atomic mass is 9.78. The molecule has 2 aliphatic rings. The SMILES string of the molecule is c1c[nH]c(CN(CCc2ccc(N3CCC4(CCNCC4)C3)cc2)Cc2ncc[nH]2)n1. The summed E-state index contributed by atoms with van der Waals surface area (Å²) in [7, 11) is 0. The summed E-state index contributed by atoms with van der Waals surface area (Å²) in [5, 5.41) is 3.51. The molecule has 1 spiro atoms. The van der Waals surface area contributed by atoms with Crippen molar-refractivity contribution in [2.24, 2.45) is 5.41 Å². The molecule has 0 saturated carbocycles. The smallest absolute Gasteiger partial charge is 0.120 e. The molecule has 2 aliphatic heterocycles. The first kappa shape index (κ1) is 20.3. The number of H-pyrrole nitrogens is 2. The van der Waals surface area contributed by atoms with Crippen molar-refractivity contribution < 1.29 is 0 Å². The normalized spacial score (nSPS) is 18.3. The van der Waals surface area contributed by atoms with Gasteiger partial charge in [0.25, 0.3) is 0 Å². The lowest BCUT2D eigenvalue weighted by Gasteiger charge is -2.34. The Morgan fingerprint density at radius 3 is 2.19 bits per heavy atom. The molecule has 4 heterocycles. The molecule has 2 aromatic heterocycles. The van der Waals surface area contributed by atoms with Crippen LogP contribution in [0.25, 0.3) is 0 Å². The summed E-state index contributed by atoms with van der Waals surface area (Å²) in [6, 6.07) is 9.25. The van der Waals surface area contributed by atoms with E-state index >= 15 is 0 Å². The van der Waals surface area contributed by atoms with E-state index in [1.165, 1.54) is 56.7 Å². The number of rotatable bonds is 8. The first-order chi connectivity index (χ1) is 15.3. The predicted molar refractivity (Wildman–Crippen MR) is 123 cm³/mol. The van der Waals surface area contributed by atoms with Gasteiger partial charge in [-0.3, -0.25) is 4.90 Å². The Balaban J connectivity index is 1.18. The minimum absolute atomic E-state index is 0.544. The van der Waals surface area contributed by atoms with Crippen LogP contribution in [0.4, 0.5) is 5.69 Å². The Hall–Kier alpha value is -2.64. The number of imidazole rings is 2. The van der Waals surface area contributed by atoms with Crippen molar-refractivity contribution in [2.75, 3.05) is 37.6 Å². The zero-order valence-corrected chi connectivity index (χ0v) is 18.2. The fourth-order valence-electron chi connectivity index (χ4n) is 5.09. The van der Waals surface area contributed by atoms with Gasteiger partial charge in [0, 0.05) is 50.1 Å². The van der Waals surface area contributed by atoms with Gasteiger partial charge < -0.3 is 20.2 Å². The molecular weight excluding hydrogens is 386 g/mol. The molecule has 31 heavy (non-hydrogen) atoms. The Kier molecular flexibility index (Phi) is 6.04. The Morgan fingerprint density at radius 1 is 0.903 bits per heavy atom. The van der Waals surface area contributed by atoms with Crippen LogP contribution in [-0.4, -0.2) is 57.6 Å². The summed E-state index contributed by atoms with van der Waals surface area (Å²) in [5.74, 6) is 1.98. The van der Waals surface area contributed by atoms with Gasteiger partial charge in [0.2, 0.25) is 0 Å². The van der Waals surface area contributed by atoms with Crippen molar-refractivity contribution in [2.45, 2.75) is 38.8 Å². The number of piperidine rings is 1. The van der Waals surface area contributed by atoms with Crippen LogP contribution in [0.15, 0.2) is 49.1 Å². The molecule has 164 valence electrons. The van der Waals surface area contributed by atoms with Crippen molar-refractivity contribution >= 4 is 5.69 Å². The molecule has 0 amide bonds. The first-order valence-electron chi connectivity index (χ1n) is 11.5. The highest BCUT2D eigenvalue weighted by Crippen LogP contribution is 2.40. The van der Waals surface area contributed by atoms with Crippen molar-refractivity contribution in [1.29, 1.82) is 0 Å². The van der Waals surface area contributed by atoms with Crippen molar-refractivity contribution in [3.8, 4) is 0 Å². The summed E-state index contributed by atoms with van der Waals surface area (Å²) < 4.78 is 0. The van der Waals surface area contributed by atoms with E-state index < -0.39 is 0 Å². The molecule has 0 bridgehead atoms. The number of nitrogens with one attached hydrogen (secondary N) is 3. The Labute approximate surface area is 184 Å². The molecule has 1 aromatic carbocycles. The second-order valence-corrected chi connectivity index (χ2v) is 9.12. The third kappa shape index (κ3) is 4.99. The monoisotopic (exact) mass is 419 g/mol. The molecule has 0 atom stereocenters. The number of hydrogen-bond acceptors (Lipinski definition) is 5. The molecule has 0 unspecified atom stereocenters. The van der Waals surface area contributed by atoms with Crippen molar-refractivity contribution in [3.05, 3.63) is 66.3 Å². The molecule has 3 N–H and O–H groups in total. The van der Waals surface area contributed by atoms with Gasteiger partial charge in [0.1, 0.15) is 11.6 Å². The van der Waals surface area contributed by atoms with Crippen molar-refractivity contribution in [1.82, 2.24) is 30.2 Å². The molecule has 3 aromatic rings. The van der Waals surface area contributed by atoms with E-state index in [4.69, 9.17) is 0 Å². The van der Waals surface area contributed by atoms with Gasteiger partial charge in [-0.15, -0.1) is 0 Å². The summed E-state index contributed by atoms with van der Waals surface area (Å²) in [4.78, 5) is 20.2. The summed E-state index contributed by atoms with van der Waals surface area (Å²) in [6.07, 6.45) is 12.4. The largest absolute Gasteiger partial charge is 0.371 e. The molecule has 7 heteroatoms. The third-order valence-electron chi connectivity index (χ3n) is 6.98. The van der Waals surface area contributed by atoms with Crippen LogP contribution in [-0.2, 0) is 19.5 Å². The summed E-state index contributed by atoms with van der Waals surface area (Å²) in [6.45, 7) is 7.31. The average molecular weight is 420 g/mol. The molecule has 5 rings (SSSR count). The topological polar surface area (TPSA) is 75.9 Å². The van der Waals surface area contributed by atoms with Gasteiger partial charge in [-0.25, -0.2) is 9.97 Å². The zero-order valence-electron chi connectivity index (χ0n) is 18.2. The highest BCUT2D eigenvalue weighted by atomic mass is 15.2. The van der Waals surface area contributed by atoms with Gasteiger partial charge in [-0.1, -0.05) is 12.1 Å². The average Bonchev–Trinajstić information content (AvgIpc) is 3.57. The minimum atomic E-state index is 0.544. The van der Waals surface area contributed by atoms with E-state index in [0.717, 1.165) is 37.7 Å². The van der Waals surface area contributed by atoms with Gasteiger partial charge >= 0.3 is 0 Å². The van der Waals surface area contributed by atoms with Crippen LogP contribution in [0.3, 0.4) is 0 Å². The van der Waals surface area contributed by atoms with Gasteiger partial charge in [0.05, 0.1) is 13.1 Å². The molecular formula is C24H33N7. The number of anilines is 1. The van der Waals surface area contributed by atoms with Crippen LogP contribution in [0.1, 0.15) is 36.5 Å². The zero-order chi connectivity index (χ0) is 20.9. The highest BCUT2D eigenvalue weighted by Gasteiger charge is 2.38. The van der Waals surface area contributed by atoms with Gasteiger partial charge in [-0.2, -0.15) is 0 Å². The lowest BCUT2D eigenvalue weighted by molar-refractivity contribution is 0.232. The van der Waals surface area contributed by atoms with Gasteiger partial charge in [-0.05, 0) is 61.9 Å². The van der Waals surface area contributed by atoms with E-state index in [1.54, 1.807) is 0 Å². The van der Waals surface area contributed by atoms with E-state index in [-0.39, 0.29) is 0 Å². The van der Waals surface area contributed by atoms with Crippen LogP contribution in [0, 0.1) is 5.41 Å². The maximum absolute atomic E-state index is 4.39. The fourth-order valence-corrected chi connectivity index (χ4v) is 5.09. The summed E-state index contributed by atoms with van der Waals surface area (Å²) in [5.41, 5.74) is 3.30. The van der Waals surface area contributed by atoms with Gasteiger partial charge in [0.15, 0.2) is 0 Å². The number of aromatic amines is 2. The highest BCUT2D eigenvalue weighted by molar-refractivity contribution is 5.49. The van der Waals surface area contributed by atoms with Crippen LogP contribution in [0.5, 0.6) is 0 Å². The Bertz CT molecular complexity index is 875. The molecule has 0 aliphatic carbocycles. The van der Waals surface area contributed by atoms with E-state index in [9.17, 15) is 0 Å². The van der Waals surface area contributed by atoms with E-state index in [2.05, 4.69) is 59.3 Å². The molecule has 2 fully saturated rings. The third-order valence-corrected chi connectivity index (χ3v) is 6.98. The second-order valence-electron chi connectivity index (χ2n) is 9.12. The fraction of sp³-hybridized carbons (Fsp3) is 0.500. The Morgan fingerprint density at radius 2 is 1.58 bits per heavy atom. The summed E-state index contributed by atoms with van der Waals surface area (Å²) >= 11 is 0. The maximum atomic E-state index is 4.39. The van der Waals surface area contributed by atoms with Crippen LogP contribution >= 0.6 is 0 Å². The molecule has 2 saturated heterocycles. The van der Waals surface area contributed by atoms with E-state index in [0.29, 0.717) is 5.41 Å². The molecule has 0 radical (unpaired) electrons. The maximum Gasteiger partial charge on any atom is 0.120 e. The lowest BCUT2D eigenvalue weighted by Crippen LogP contribution is -2.38. The quantitative estimate of drug-likeness (QED) is 0.523. The van der Waals surface area contributed by atoms with Crippen molar-refractivity contribution in [3.63, 3.8) is 0 Å². The number of nitrogens with zero attached hydrogens (tertiary/aromatic N) is 4. The second kappa shape index (κ2) is 9.24.